The van der Waals surface area contributed by atoms with Crippen LogP contribution in [0.3, 0.4) is 0 Å². The first-order valence-corrected chi connectivity index (χ1v) is 11.2. The summed E-state index contributed by atoms with van der Waals surface area (Å²) in [5.41, 5.74) is 3.50. The average molecular weight is 407 g/mol. The molecule has 0 fully saturated rings. The van der Waals surface area contributed by atoms with Crippen molar-refractivity contribution in [3.63, 3.8) is 0 Å². The van der Waals surface area contributed by atoms with Crippen LogP contribution < -0.4 is 0 Å². The number of fused-ring (bicyclic) bond motifs is 8. The lowest BCUT2D eigenvalue weighted by Gasteiger charge is -2.02. The van der Waals surface area contributed by atoms with E-state index in [2.05, 4.69) is 89.5 Å². The van der Waals surface area contributed by atoms with Crippen LogP contribution in [0, 0.1) is 0 Å². The van der Waals surface area contributed by atoms with Crippen molar-refractivity contribution in [2.24, 2.45) is 0 Å². The summed E-state index contributed by atoms with van der Waals surface area (Å²) in [6.45, 7) is 0. The Kier molecular flexibility index (Phi) is 3.06. The second-order valence-corrected chi connectivity index (χ2v) is 9.31. The maximum absolute atomic E-state index is 4.96. The Morgan fingerprint density at radius 3 is 2.24 bits per heavy atom. The van der Waals surface area contributed by atoms with Gasteiger partial charge in [0.05, 0.1) is 21.3 Å². The SMILES string of the molecule is c1ccc2sc(-n3c4ccccc4c4c5sc6ccccc6c5ccc43)nc2c1. The zero-order chi connectivity index (χ0) is 18.9. The molecule has 0 saturated heterocycles. The van der Waals surface area contributed by atoms with Gasteiger partial charge in [0, 0.05) is 30.9 Å². The van der Waals surface area contributed by atoms with E-state index in [0.29, 0.717) is 0 Å². The Morgan fingerprint density at radius 2 is 1.34 bits per heavy atom. The average Bonchev–Trinajstić information content (AvgIpc) is 3.44. The van der Waals surface area contributed by atoms with Gasteiger partial charge in [-0.05, 0) is 30.3 Å². The van der Waals surface area contributed by atoms with Crippen LogP contribution in [0.2, 0.25) is 0 Å². The van der Waals surface area contributed by atoms with E-state index in [-0.39, 0.29) is 0 Å². The van der Waals surface area contributed by atoms with Crippen LogP contribution in [0.4, 0.5) is 0 Å². The van der Waals surface area contributed by atoms with Crippen LogP contribution >= 0.6 is 22.7 Å². The monoisotopic (exact) mass is 406 g/mol. The third-order valence-electron chi connectivity index (χ3n) is 5.65. The molecule has 4 aromatic carbocycles. The number of aromatic nitrogens is 2. The first-order chi connectivity index (χ1) is 14.4. The highest BCUT2D eigenvalue weighted by Crippen LogP contribution is 2.43. The highest BCUT2D eigenvalue weighted by Gasteiger charge is 2.18. The number of thiazole rings is 1. The zero-order valence-electron chi connectivity index (χ0n) is 15.3. The van der Waals surface area contributed by atoms with Gasteiger partial charge in [-0.2, -0.15) is 0 Å². The zero-order valence-corrected chi connectivity index (χ0v) is 16.9. The highest BCUT2D eigenvalue weighted by atomic mass is 32.1. The standard InChI is InChI=1S/C25H14N2S2/c1-4-10-19-17(8-1)23-20(27(19)25-26-18-9-3-6-12-22(18)29-25)14-13-16-15-7-2-5-11-21(15)28-24(16)23/h1-14H. The first-order valence-electron chi connectivity index (χ1n) is 9.58. The maximum atomic E-state index is 4.96. The molecule has 4 heteroatoms. The Bertz CT molecular complexity index is 1680. The van der Waals surface area contributed by atoms with Gasteiger partial charge < -0.3 is 0 Å². The number of hydrogen-bond acceptors (Lipinski definition) is 3. The Morgan fingerprint density at radius 1 is 0.586 bits per heavy atom. The molecule has 0 aliphatic rings. The molecule has 3 heterocycles. The summed E-state index contributed by atoms with van der Waals surface area (Å²) in [6.07, 6.45) is 0. The molecule has 0 aliphatic heterocycles. The lowest BCUT2D eigenvalue weighted by Crippen LogP contribution is -1.92. The lowest BCUT2D eigenvalue weighted by atomic mass is 10.1. The van der Waals surface area contributed by atoms with Crippen molar-refractivity contribution >= 4 is 74.9 Å². The molecule has 7 rings (SSSR count). The molecule has 0 unspecified atom stereocenters. The summed E-state index contributed by atoms with van der Waals surface area (Å²) in [6, 6.07) is 30.3. The molecular weight excluding hydrogens is 392 g/mol. The van der Waals surface area contributed by atoms with Crippen molar-refractivity contribution in [2.45, 2.75) is 0 Å². The van der Waals surface area contributed by atoms with Gasteiger partial charge in [0.2, 0.25) is 0 Å². The Labute approximate surface area is 174 Å². The van der Waals surface area contributed by atoms with Crippen LogP contribution in [0.25, 0.3) is 57.3 Å². The molecule has 0 radical (unpaired) electrons. The lowest BCUT2D eigenvalue weighted by molar-refractivity contribution is 1.15. The van der Waals surface area contributed by atoms with E-state index in [0.717, 1.165) is 10.6 Å². The van der Waals surface area contributed by atoms with Crippen LogP contribution in [0.1, 0.15) is 0 Å². The number of para-hydroxylation sites is 2. The highest BCUT2D eigenvalue weighted by molar-refractivity contribution is 7.26. The fraction of sp³-hybridized carbons (Fsp3) is 0. The Balaban J connectivity index is 1.70. The van der Waals surface area contributed by atoms with Crippen LogP contribution in [0.15, 0.2) is 84.9 Å². The summed E-state index contributed by atoms with van der Waals surface area (Å²) in [7, 11) is 0. The third kappa shape index (κ3) is 2.07. The number of thiophene rings is 1. The quantitative estimate of drug-likeness (QED) is 0.272. The van der Waals surface area contributed by atoms with Crippen molar-refractivity contribution in [1.82, 2.24) is 9.55 Å². The van der Waals surface area contributed by atoms with Crippen molar-refractivity contribution in [2.75, 3.05) is 0 Å². The van der Waals surface area contributed by atoms with E-state index in [9.17, 15) is 0 Å². The van der Waals surface area contributed by atoms with Gasteiger partial charge >= 0.3 is 0 Å². The van der Waals surface area contributed by atoms with Crippen molar-refractivity contribution < 1.29 is 0 Å². The van der Waals surface area contributed by atoms with Crippen LogP contribution in [-0.2, 0) is 0 Å². The van der Waals surface area contributed by atoms with Gasteiger partial charge in [0.1, 0.15) is 0 Å². The van der Waals surface area contributed by atoms with Gasteiger partial charge in [-0.25, -0.2) is 4.98 Å². The summed E-state index contributed by atoms with van der Waals surface area (Å²) >= 11 is 3.64. The molecule has 7 aromatic rings. The molecule has 0 spiro atoms. The fourth-order valence-electron chi connectivity index (χ4n) is 4.40. The fourth-order valence-corrected chi connectivity index (χ4v) is 6.65. The van der Waals surface area contributed by atoms with Gasteiger partial charge in [-0.3, -0.25) is 4.57 Å². The predicted molar refractivity (Wildman–Crippen MR) is 127 cm³/mol. The number of benzene rings is 4. The van der Waals surface area contributed by atoms with E-state index < -0.39 is 0 Å². The molecule has 0 atom stereocenters. The molecule has 136 valence electrons. The molecule has 3 aromatic heterocycles. The summed E-state index contributed by atoms with van der Waals surface area (Å²) < 4.78 is 6.25. The summed E-state index contributed by atoms with van der Waals surface area (Å²) in [5.74, 6) is 0. The molecule has 0 aliphatic carbocycles. The van der Waals surface area contributed by atoms with Gasteiger partial charge in [-0.15, -0.1) is 11.3 Å². The van der Waals surface area contributed by atoms with E-state index in [1.54, 1.807) is 11.3 Å². The topological polar surface area (TPSA) is 17.8 Å². The summed E-state index contributed by atoms with van der Waals surface area (Å²) in [4.78, 5) is 4.96. The van der Waals surface area contributed by atoms with Crippen LogP contribution in [-0.4, -0.2) is 9.55 Å². The molecular formula is C25H14N2S2. The Hall–Kier alpha value is -3.21. The molecule has 0 N–H and O–H groups in total. The molecule has 2 nitrogen and oxygen atoms in total. The van der Waals surface area contributed by atoms with E-state index in [4.69, 9.17) is 4.98 Å². The van der Waals surface area contributed by atoms with Gasteiger partial charge in [0.25, 0.3) is 0 Å². The van der Waals surface area contributed by atoms with Crippen molar-refractivity contribution in [3.05, 3.63) is 84.9 Å². The third-order valence-corrected chi connectivity index (χ3v) is 7.88. The minimum absolute atomic E-state index is 1.03. The van der Waals surface area contributed by atoms with E-state index >= 15 is 0 Å². The minimum atomic E-state index is 1.03. The second kappa shape index (κ2) is 5.66. The van der Waals surface area contributed by atoms with E-state index in [1.165, 1.54) is 46.7 Å². The van der Waals surface area contributed by atoms with Crippen molar-refractivity contribution in [1.29, 1.82) is 0 Å². The normalized spacial score (nSPS) is 12.1. The molecule has 0 saturated carbocycles. The van der Waals surface area contributed by atoms with Gasteiger partial charge in [-0.1, -0.05) is 65.9 Å². The van der Waals surface area contributed by atoms with Crippen LogP contribution in [0.5, 0.6) is 0 Å². The smallest absolute Gasteiger partial charge is 0.195 e. The summed E-state index contributed by atoms with van der Waals surface area (Å²) in [5, 5.41) is 6.33. The first kappa shape index (κ1) is 15.7. The predicted octanol–water partition coefficient (Wildman–Crippen LogP) is 7.76. The molecule has 0 amide bonds. The van der Waals surface area contributed by atoms with Crippen molar-refractivity contribution in [3.8, 4) is 5.13 Å². The van der Waals surface area contributed by atoms with Gasteiger partial charge in [0.15, 0.2) is 5.13 Å². The minimum Gasteiger partial charge on any atom is -0.285 e. The second-order valence-electron chi connectivity index (χ2n) is 7.25. The maximum Gasteiger partial charge on any atom is 0.195 e. The number of nitrogens with zero attached hydrogens (tertiary/aromatic N) is 2. The number of hydrogen-bond donors (Lipinski definition) is 0. The van der Waals surface area contributed by atoms with E-state index in [1.807, 2.05) is 11.3 Å². The largest absolute Gasteiger partial charge is 0.285 e. The molecule has 29 heavy (non-hydrogen) atoms. The number of rotatable bonds is 1. The molecule has 0 bridgehead atoms.